The molecule has 1 aliphatic carbocycles. The van der Waals surface area contributed by atoms with Gasteiger partial charge in [-0.25, -0.2) is 4.79 Å². The molecule has 1 saturated carbocycles. The van der Waals surface area contributed by atoms with Crippen molar-refractivity contribution < 1.29 is 19.7 Å². The van der Waals surface area contributed by atoms with E-state index in [4.69, 9.17) is 4.74 Å². The van der Waals surface area contributed by atoms with E-state index in [9.17, 15) is 15.0 Å². The number of nitrogens with zero attached hydrogens (tertiary/aromatic N) is 1. The summed E-state index contributed by atoms with van der Waals surface area (Å²) in [5, 5.41) is 19.2. The Morgan fingerprint density at radius 1 is 1.24 bits per heavy atom. The molecule has 0 heterocycles. The lowest BCUT2D eigenvalue weighted by Gasteiger charge is -2.32. The Hall–Kier alpha value is -1.59. The number of aliphatic hydroxyl groups excluding tert-OH is 2. The summed E-state index contributed by atoms with van der Waals surface area (Å²) < 4.78 is 5.25. The van der Waals surface area contributed by atoms with Crippen molar-refractivity contribution in [2.24, 2.45) is 5.92 Å². The minimum absolute atomic E-state index is 0.206. The standard InChI is InChI=1S/C16H23NO4/c1-17(10-13-7-8-14(18)15(19)9-13)16(20)21-11-12-5-3-2-4-6-12/h2-6,13-15,18-19H,7-11H2,1H3/t13-,14+,15+/m1/s1. The van der Waals surface area contributed by atoms with Gasteiger partial charge in [-0.05, 0) is 30.7 Å². The van der Waals surface area contributed by atoms with Gasteiger partial charge in [0.05, 0.1) is 12.2 Å². The molecule has 1 aromatic rings. The van der Waals surface area contributed by atoms with E-state index in [1.165, 1.54) is 4.90 Å². The van der Waals surface area contributed by atoms with Crippen molar-refractivity contribution in [3.8, 4) is 0 Å². The Labute approximate surface area is 125 Å². The Bertz CT molecular complexity index is 451. The summed E-state index contributed by atoms with van der Waals surface area (Å²) in [7, 11) is 1.70. The monoisotopic (exact) mass is 293 g/mol. The normalized spacial score (nSPS) is 25.4. The van der Waals surface area contributed by atoms with Crippen LogP contribution in [0.1, 0.15) is 24.8 Å². The second-order valence-electron chi connectivity index (χ2n) is 5.73. The van der Waals surface area contributed by atoms with E-state index in [1.54, 1.807) is 7.05 Å². The van der Waals surface area contributed by atoms with Crippen LogP contribution in [0.3, 0.4) is 0 Å². The third-order valence-electron chi connectivity index (χ3n) is 3.94. The molecule has 21 heavy (non-hydrogen) atoms. The van der Waals surface area contributed by atoms with Gasteiger partial charge in [0, 0.05) is 13.6 Å². The van der Waals surface area contributed by atoms with Crippen LogP contribution in [-0.4, -0.2) is 47.0 Å². The zero-order valence-electron chi connectivity index (χ0n) is 12.3. The minimum Gasteiger partial charge on any atom is -0.445 e. The van der Waals surface area contributed by atoms with Gasteiger partial charge in [-0.1, -0.05) is 30.3 Å². The van der Waals surface area contributed by atoms with Crippen LogP contribution in [0.25, 0.3) is 0 Å². The lowest BCUT2D eigenvalue weighted by molar-refractivity contribution is -0.0291. The molecule has 0 bridgehead atoms. The Kier molecular flexibility index (Phi) is 5.59. The number of hydrogen-bond donors (Lipinski definition) is 2. The smallest absolute Gasteiger partial charge is 0.409 e. The molecular weight excluding hydrogens is 270 g/mol. The largest absolute Gasteiger partial charge is 0.445 e. The summed E-state index contributed by atoms with van der Waals surface area (Å²) in [5.41, 5.74) is 0.954. The molecule has 116 valence electrons. The third kappa shape index (κ3) is 4.72. The maximum absolute atomic E-state index is 11.9. The lowest BCUT2D eigenvalue weighted by atomic mass is 9.85. The van der Waals surface area contributed by atoms with Gasteiger partial charge in [0.2, 0.25) is 0 Å². The van der Waals surface area contributed by atoms with Crippen LogP contribution >= 0.6 is 0 Å². The molecule has 0 radical (unpaired) electrons. The van der Waals surface area contributed by atoms with Crippen LogP contribution in [0, 0.1) is 5.92 Å². The van der Waals surface area contributed by atoms with E-state index >= 15 is 0 Å². The number of ether oxygens (including phenoxy) is 1. The molecule has 2 rings (SSSR count). The van der Waals surface area contributed by atoms with Gasteiger partial charge in [-0.3, -0.25) is 0 Å². The summed E-state index contributed by atoms with van der Waals surface area (Å²) in [6.07, 6.45) is 0.249. The molecule has 0 spiro atoms. The van der Waals surface area contributed by atoms with Gasteiger partial charge >= 0.3 is 6.09 Å². The van der Waals surface area contributed by atoms with E-state index in [2.05, 4.69) is 0 Å². The first-order valence-electron chi connectivity index (χ1n) is 7.34. The zero-order valence-corrected chi connectivity index (χ0v) is 12.3. The summed E-state index contributed by atoms with van der Waals surface area (Å²) in [6, 6.07) is 9.54. The number of amides is 1. The average Bonchev–Trinajstić information content (AvgIpc) is 2.49. The third-order valence-corrected chi connectivity index (χ3v) is 3.94. The van der Waals surface area contributed by atoms with Gasteiger partial charge < -0.3 is 19.8 Å². The number of rotatable bonds is 4. The first-order valence-corrected chi connectivity index (χ1v) is 7.34. The molecule has 1 aliphatic rings. The summed E-state index contributed by atoms with van der Waals surface area (Å²) in [6.45, 7) is 0.799. The minimum atomic E-state index is -0.683. The molecule has 1 aromatic carbocycles. The fraction of sp³-hybridized carbons (Fsp3) is 0.562. The Morgan fingerprint density at radius 2 is 1.95 bits per heavy atom. The second kappa shape index (κ2) is 7.43. The van der Waals surface area contributed by atoms with Crippen molar-refractivity contribution in [3.63, 3.8) is 0 Å². The average molecular weight is 293 g/mol. The Morgan fingerprint density at radius 3 is 2.62 bits per heavy atom. The van der Waals surface area contributed by atoms with Crippen molar-refractivity contribution in [1.29, 1.82) is 0 Å². The number of hydrogen-bond acceptors (Lipinski definition) is 4. The molecule has 5 heteroatoms. The maximum Gasteiger partial charge on any atom is 0.409 e. The lowest BCUT2D eigenvalue weighted by Crippen LogP contribution is -2.39. The number of benzene rings is 1. The molecule has 0 aromatic heterocycles. The second-order valence-corrected chi connectivity index (χ2v) is 5.73. The summed E-state index contributed by atoms with van der Waals surface area (Å²) >= 11 is 0. The zero-order chi connectivity index (χ0) is 15.2. The maximum atomic E-state index is 11.9. The number of carbonyl (C=O) groups excluding carboxylic acids is 1. The molecule has 1 amide bonds. The molecule has 0 aliphatic heterocycles. The van der Waals surface area contributed by atoms with Crippen LogP contribution in [-0.2, 0) is 11.3 Å². The SMILES string of the molecule is CN(C[C@@H]1CC[C@H](O)[C@@H](O)C1)C(=O)OCc1ccccc1. The molecule has 2 N–H and O–H groups in total. The number of carbonyl (C=O) groups is 1. The van der Waals surface area contributed by atoms with Gasteiger partial charge in [0.1, 0.15) is 6.61 Å². The summed E-state index contributed by atoms with van der Waals surface area (Å²) in [4.78, 5) is 13.5. The number of aliphatic hydroxyl groups is 2. The van der Waals surface area contributed by atoms with Gasteiger partial charge in [-0.2, -0.15) is 0 Å². The van der Waals surface area contributed by atoms with E-state index in [0.717, 1.165) is 12.0 Å². The van der Waals surface area contributed by atoms with Crippen molar-refractivity contribution in [2.45, 2.75) is 38.1 Å². The van der Waals surface area contributed by atoms with Gasteiger partial charge in [0.25, 0.3) is 0 Å². The van der Waals surface area contributed by atoms with Crippen LogP contribution in [0.4, 0.5) is 4.79 Å². The highest BCUT2D eigenvalue weighted by molar-refractivity contribution is 5.67. The highest BCUT2D eigenvalue weighted by Crippen LogP contribution is 2.25. The predicted octanol–water partition coefficient (Wildman–Crippen LogP) is 1.78. The van der Waals surface area contributed by atoms with Crippen LogP contribution in [0.2, 0.25) is 0 Å². The molecule has 5 nitrogen and oxygen atoms in total. The molecule has 1 fully saturated rings. The molecule has 0 saturated heterocycles. The van der Waals surface area contributed by atoms with E-state index in [1.807, 2.05) is 30.3 Å². The van der Waals surface area contributed by atoms with Crippen molar-refractivity contribution >= 4 is 6.09 Å². The van der Waals surface area contributed by atoms with Crippen molar-refractivity contribution in [3.05, 3.63) is 35.9 Å². The van der Waals surface area contributed by atoms with Crippen LogP contribution < -0.4 is 0 Å². The molecule has 3 atom stereocenters. The predicted molar refractivity (Wildman–Crippen MR) is 78.6 cm³/mol. The van der Waals surface area contributed by atoms with Gasteiger partial charge in [-0.15, -0.1) is 0 Å². The van der Waals surface area contributed by atoms with Crippen molar-refractivity contribution in [2.75, 3.05) is 13.6 Å². The topological polar surface area (TPSA) is 70.0 Å². The first kappa shape index (κ1) is 15.8. The fourth-order valence-electron chi connectivity index (χ4n) is 2.67. The van der Waals surface area contributed by atoms with Crippen LogP contribution in [0.5, 0.6) is 0 Å². The fourth-order valence-corrected chi connectivity index (χ4v) is 2.67. The first-order chi connectivity index (χ1) is 10.1. The Balaban J connectivity index is 1.75. The van der Waals surface area contributed by atoms with Gasteiger partial charge in [0.15, 0.2) is 0 Å². The molecule has 0 unspecified atom stereocenters. The highest BCUT2D eigenvalue weighted by Gasteiger charge is 2.29. The van der Waals surface area contributed by atoms with E-state index in [-0.39, 0.29) is 18.6 Å². The van der Waals surface area contributed by atoms with E-state index in [0.29, 0.717) is 19.4 Å². The van der Waals surface area contributed by atoms with Crippen molar-refractivity contribution in [1.82, 2.24) is 4.90 Å². The molecular formula is C16H23NO4. The van der Waals surface area contributed by atoms with E-state index < -0.39 is 12.2 Å². The quantitative estimate of drug-likeness (QED) is 0.888. The summed E-state index contributed by atoms with van der Waals surface area (Å²) in [5.74, 6) is 0.206. The highest BCUT2D eigenvalue weighted by atomic mass is 16.6. The van der Waals surface area contributed by atoms with Crippen LogP contribution in [0.15, 0.2) is 30.3 Å².